The molecule has 6 rings (SSSR count). The third-order valence-electron chi connectivity index (χ3n) is 6.23. The van der Waals surface area contributed by atoms with Crippen molar-refractivity contribution in [2.45, 2.75) is 13.5 Å². The number of aromatic hydroxyl groups is 2. The molecule has 0 radical (unpaired) electrons. The predicted molar refractivity (Wildman–Crippen MR) is 132 cm³/mol. The predicted octanol–water partition coefficient (Wildman–Crippen LogP) is 5.00. The number of Topliss-reactive ketones (excluding diaryl/α,β-unsaturated/α-hetero) is 2. The second kappa shape index (κ2) is 6.69. The van der Waals surface area contributed by atoms with Gasteiger partial charge >= 0.3 is 5.97 Å². The summed E-state index contributed by atoms with van der Waals surface area (Å²) in [5, 5.41) is 21.4. The van der Waals surface area contributed by atoms with E-state index in [4.69, 9.17) is 9.47 Å². The number of rotatable bonds is 0. The van der Waals surface area contributed by atoms with Gasteiger partial charge in [-0.05, 0) is 30.3 Å². The number of benzene rings is 3. The average molecular weight is 666 g/mol. The van der Waals surface area contributed by atoms with Gasteiger partial charge in [-0.25, -0.2) is 4.79 Å². The van der Waals surface area contributed by atoms with Crippen molar-refractivity contribution in [3.8, 4) is 23.0 Å². The fraction of sp³-hybridized carbons (Fsp3) is 0.125. The Bertz CT molecular complexity index is 1460. The Balaban J connectivity index is 1.84. The smallest absolute Gasteiger partial charge is 0.340 e. The normalized spacial score (nSPS) is 21.6. The molecule has 7 nitrogen and oxygen atoms in total. The maximum Gasteiger partial charge on any atom is 0.340 e. The minimum absolute atomic E-state index is 0.00199. The van der Waals surface area contributed by atoms with Crippen LogP contribution in [0.4, 0.5) is 0 Å². The molecule has 3 aliphatic heterocycles. The van der Waals surface area contributed by atoms with E-state index >= 15 is 0 Å². The summed E-state index contributed by atoms with van der Waals surface area (Å²) in [6.45, 7) is 0. The minimum Gasteiger partial charge on any atom is -0.507 e. The third-order valence-corrected chi connectivity index (χ3v) is 7.97. The Morgan fingerprint density at radius 2 is 1.39 bits per heavy atom. The second-order valence-electron chi connectivity index (χ2n) is 8.02. The lowest BCUT2D eigenvalue weighted by molar-refractivity contribution is 0.0223. The van der Waals surface area contributed by atoms with Gasteiger partial charge in [0.1, 0.15) is 35.6 Å². The number of carbonyl (C=O) groups excluding carboxylic acids is 3. The summed E-state index contributed by atoms with van der Waals surface area (Å²) in [7, 11) is 0. The van der Waals surface area contributed by atoms with Crippen LogP contribution in [0.3, 0.4) is 0 Å². The summed E-state index contributed by atoms with van der Waals surface area (Å²) in [5.74, 6) is -2.23. The van der Waals surface area contributed by atoms with Crippen molar-refractivity contribution in [2.75, 3.05) is 0 Å². The number of hydrogen-bond acceptors (Lipinski definition) is 7. The van der Waals surface area contributed by atoms with Gasteiger partial charge in [0.15, 0.2) is 17.2 Å². The zero-order valence-electron chi connectivity index (χ0n) is 16.5. The lowest BCUT2D eigenvalue weighted by Crippen LogP contribution is -2.34. The molecule has 1 spiro atoms. The monoisotopic (exact) mass is 666 g/mol. The van der Waals surface area contributed by atoms with E-state index in [1.165, 1.54) is 12.1 Å². The van der Waals surface area contributed by atoms with Gasteiger partial charge in [-0.1, -0.05) is 63.4 Å². The van der Waals surface area contributed by atoms with Crippen LogP contribution in [0.15, 0.2) is 48.5 Å². The van der Waals surface area contributed by atoms with Crippen LogP contribution in [0.2, 0.25) is 0 Å². The van der Waals surface area contributed by atoms with Crippen molar-refractivity contribution >= 4 is 62.7 Å². The highest BCUT2D eigenvalue weighted by Crippen LogP contribution is 2.60. The van der Waals surface area contributed by atoms with Crippen LogP contribution < -0.4 is 4.74 Å². The molecule has 1 atom stereocenters. The summed E-state index contributed by atoms with van der Waals surface area (Å²) in [4.78, 5) is 39.9. The van der Waals surface area contributed by atoms with Gasteiger partial charge in [0.05, 0.1) is 5.56 Å². The summed E-state index contributed by atoms with van der Waals surface area (Å²) in [6.07, 6.45) is -0.243. The zero-order valence-corrected chi connectivity index (χ0v) is 20.8. The molecular formula is C24H12I2O7. The Morgan fingerprint density at radius 3 is 2.09 bits per heavy atom. The number of phenolic OH excluding ortho intramolecular Hbond substituents is 2. The van der Waals surface area contributed by atoms with Crippen molar-refractivity contribution in [2.24, 2.45) is 0 Å². The van der Waals surface area contributed by atoms with Gasteiger partial charge in [-0.15, -0.1) is 0 Å². The molecule has 3 aromatic carbocycles. The Labute approximate surface area is 214 Å². The molecule has 2 bridgehead atoms. The number of ketones is 2. The topological polar surface area (TPSA) is 110 Å². The van der Waals surface area contributed by atoms with Crippen molar-refractivity contribution in [3.05, 3.63) is 81.9 Å². The maximum absolute atomic E-state index is 13.6. The number of hydrogen-bond donors (Lipinski definition) is 2. The number of halogens is 2. The van der Waals surface area contributed by atoms with Gasteiger partial charge < -0.3 is 19.7 Å². The largest absolute Gasteiger partial charge is 0.507 e. The van der Waals surface area contributed by atoms with E-state index in [0.717, 1.165) is 0 Å². The van der Waals surface area contributed by atoms with Crippen molar-refractivity contribution in [3.63, 3.8) is 0 Å². The quantitative estimate of drug-likeness (QED) is 0.198. The molecule has 1 unspecified atom stereocenters. The number of ether oxygens (including phenoxy) is 2. The van der Waals surface area contributed by atoms with Crippen LogP contribution >= 0.6 is 45.2 Å². The number of phenols is 2. The Hall–Kier alpha value is -2.67. The summed E-state index contributed by atoms with van der Waals surface area (Å²) < 4.78 is 10.9. The SMILES string of the molecule is O=C1OC2(c3ccccc31)c1ccc(O)c3c1Oc1c2ccc(O)c1C(=O)C(I)(I)CC3=O. The molecule has 0 aromatic heterocycles. The van der Waals surface area contributed by atoms with E-state index in [1.807, 2.05) is 45.2 Å². The third kappa shape index (κ3) is 2.57. The van der Waals surface area contributed by atoms with Gasteiger partial charge in [0.2, 0.25) is 0 Å². The number of esters is 1. The molecule has 3 aromatic rings. The number of alkyl halides is 2. The first-order chi connectivity index (χ1) is 15.7. The van der Waals surface area contributed by atoms with Gasteiger partial charge in [-0.2, -0.15) is 0 Å². The molecule has 3 aliphatic rings. The highest BCUT2D eigenvalue weighted by Gasteiger charge is 2.56. The highest BCUT2D eigenvalue weighted by atomic mass is 127. The van der Waals surface area contributed by atoms with Gasteiger partial charge in [0, 0.05) is 23.1 Å². The molecule has 2 N–H and O–H groups in total. The molecule has 33 heavy (non-hydrogen) atoms. The van der Waals surface area contributed by atoms with Crippen LogP contribution in [-0.2, 0) is 10.3 Å². The fourth-order valence-electron chi connectivity index (χ4n) is 4.82. The minimum atomic E-state index is -1.52. The first-order valence-corrected chi connectivity index (χ1v) is 12.0. The summed E-state index contributed by atoms with van der Waals surface area (Å²) >= 11 is 3.74. The average Bonchev–Trinajstić information content (AvgIpc) is 3.06. The summed E-state index contributed by atoms with van der Waals surface area (Å²) in [5.41, 5.74) is -0.165. The van der Waals surface area contributed by atoms with Crippen LogP contribution in [0, 0.1) is 0 Å². The molecule has 164 valence electrons. The van der Waals surface area contributed by atoms with E-state index in [0.29, 0.717) is 22.3 Å². The van der Waals surface area contributed by atoms with Gasteiger partial charge in [-0.3, -0.25) is 9.59 Å². The molecule has 0 saturated heterocycles. The highest BCUT2D eigenvalue weighted by molar-refractivity contribution is 14.2. The van der Waals surface area contributed by atoms with E-state index in [1.54, 1.807) is 36.4 Å². The lowest BCUT2D eigenvalue weighted by atomic mass is 9.76. The van der Waals surface area contributed by atoms with E-state index in [-0.39, 0.29) is 40.5 Å². The molecular weight excluding hydrogens is 654 g/mol. The molecule has 9 heteroatoms. The first-order valence-electron chi connectivity index (χ1n) is 9.86. The fourth-order valence-corrected chi connectivity index (χ4v) is 6.05. The molecule has 0 fully saturated rings. The standard InChI is InChI=1S/C24H12I2O7/c25-23(26)9-16(29)17-14(27)7-5-12-19(17)32-20-13(6-8-15(28)18(20)21(23)30)24(12)11-4-2-1-3-10(11)22(31)33-24/h1-8,27-28H,9H2. The first kappa shape index (κ1) is 20.9. The van der Waals surface area contributed by atoms with Crippen molar-refractivity contribution < 1.29 is 34.1 Å². The van der Waals surface area contributed by atoms with Gasteiger partial charge in [0.25, 0.3) is 0 Å². The second-order valence-corrected chi connectivity index (χ2v) is 13.8. The Kier molecular flexibility index (Phi) is 4.24. The zero-order chi connectivity index (χ0) is 23.3. The molecule has 0 aliphatic carbocycles. The van der Waals surface area contributed by atoms with Crippen molar-refractivity contribution in [1.29, 1.82) is 0 Å². The molecule has 0 saturated carbocycles. The van der Waals surface area contributed by atoms with Crippen molar-refractivity contribution in [1.82, 2.24) is 0 Å². The van der Waals surface area contributed by atoms with E-state index in [2.05, 4.69) is 0 Å². The van der Waals surface area contributed by atoms with Crippen LogP contribution in [-0.4, -0.2) is 29.2 Å². The lowest BCUT2D eigenvalue weighted by Gasteiger charge is -2.37. The van der Waals surface area contributed by atoms with Crippen LogP contribution in [0.5, 0.6) is 23.0 Å². The molecule has 3 heterocycles. The van der Waals surface area contributed by atoms with Crippen LogP contribution in [0.1, 0.15) is 54.2 Å². The number of carbonyl (C=O) groups is 3. The van der Waals surface area contributed by atoms with Crippen LogP contribution in [0.25, 0.3) is 0 Å². The molecule has 0 amide bonds. The summed E-state index contributed by atoms with van der Waals surface area (Å²) in [6, 6.07) is 12.7. The number of fused-ring (bicyclic) bond motifs is 4. The maximum atomic E-state index is 13.6. The van der Waals surface area contributed by atoms with E-state index in [9.17, 15) is 24.6 Å². The van der Waals surface area contributed by atoms with E-state index < -0.39 is 24.6 Å². The Morgan fingerprint density at radius 1 is 0.788 bits per heavy atom.